The second-order valence-corrected chi connectivity index (χ2v) is 4.51. The molecule has 0 aliphatic carbocycles. The summed E-state index contributed by atoms with van der Waals surface area (Å²) in [6, 6.07) is 5.38. The van der Waals surface area contributed by atoms with Crippen molar-refractivity contribution in [3.63, 3.8) is 0 Å². The molecule has 2 heterocycles. The van der Waals surface area contributed by atoms with Gasteiger partial charge in [0, 0.05) is 6.07 Å². The maximum Gasteiger partial charge on any atom is 0.189 e. The van der Waals surface area contributed by atoms with E-state index in [2.05, 4.69) is 25.6 Å². The third-order valence-corrected chi connectivity index (χ3v) is 2.96. The molecule has 8 nitrogen and oxygen atoms in total. The number of aromatic amines is 1. The van der Waals surface area contributed by atoms with Crippen molar-refractivity contribution in [3.8, 4) is 11.5 Å². The zero-order valence-corrected chi connectivity index (χ0v) is 11.5. The highest BCUT2D eigenvalue weighted by Gasteiger charge is 2.14. The third-order valence-electron chi connectivity index (χ3n) is 2.67. The van der Waals surface area contributed by atoms with Gasteiger partial charge in [-0.1, -0.05) is 16.8 Å². The van der Waals surface area contributed by atoms with Crippen LogP contribution < -0.4 is 5.48 Å². The Morgan fingerprint density at radius 3 is 2.95 bits per heavy atom. The van der Waals surface area contributed by atoms with E-state index in [1.807, 2.05) is 5.48 Å². The quantitative estimate of drug-likeness (QED) is 0.387. The van der Waals surface area contributed by atoms with Gasteiger partial charge < -0.3 is 4.52 Å². The monoisotopic (exact) mass is 322 g/mol. The SMILES string of the molecule is ONC(=Nc1ccc(F)c(Cl)c1)c1cc(-c2cn[nH]n2)on1. The fourth-order valence-electron chi connectivity index (χ4n) is 1.65. The molecule has 3 aromatic rings. The van der Waals surface area contributed by atoms with Crippen LogP contribution in [0.3, 0.4) is 0 Å². The van der Waals surface area contributed by atoms with Crippen LogP contribution in [0.1, 0.15) is 5.69 Å². The molecule has 2 aromatic heterocycles. The molecule has 10 heteroatoms. The number of nitrogens with zero attached hydrogens (tertiary/aromatic N) is 4. The van der Waals surface area contributed by atoms with Crippen LogP contribution in [0.15, 0.2) is 40.0 Å². The average molecular weight is 323 g/mol. The number of aromatic nitrogens is 4. The number of H-pyrrole nitrogens is 1. The minimum Gasteiger partial charge on any atom is -0.354 e. The molecule has 0 radical (unpaired) electrons. The molecule has 0 saturated heterocycles. The number of amidine groups is 1. The topological polar surface area (TPSA) is 112 Å². The van der Waals surface area contributed by atoms with Gasteiger partial charge in [0.15, 0.2) is 23.0 Å². The summed E-state index contributed by atoms with van der Waals surface area (Å²) in [5.41, 5.74) is 2.90. The third kappa shape index (κ3) is 2.80. The molecule has 1 aromatic carbocycles. The summed E-state index contributed by atoms with van der Waals surface area (Å²) < 4.78 is 18.2. The highest BCUT2D eigenvalue weighted by atomic mass is 35.5. The normalized spacial score (nSPS) is 11.7. The minimum atomic E-state index is -0.561. The number of hydroxylamine groups is 1. The maximum atomic E-state index is 13.1. The van der Waals surface area contributed by atoms with E-state index in [0.29, 0.717) is 17.1 Å². The Morgan fingerprint density at radius 1 is 1.41 bits per heavy atom. The van der Waals surface area contributed by atoms with E-state index in [1.165, 1.54) is 30.5 Å². The van der Waals surface area contributed by atoms with Crippen molar-refractivity contribution < 1.29 is 14.1 Å². The van der Waals surface area contributed by atoms with Crippen LogP contribution in [0.2, 0.25) is 5.02 Å². The average Bonchev–Trinajstić information content (AvgIpc) is 3.18. The highest BCUT2D eigenvalue weighted by Crippen LogP contribution is 2.23. The van der Waals surface area contributed by atoms with Gasteiger partial charge in [0.2, 0.25) is 0 Å². The summed E-state index contributed by atoms with van der Waals surface area (Å²) in [4.78, 5) is 4.08. The van der Waals surface area contributed by atoms with E-state index in [1.54, 1.807) is 0 Å². The molecule has 22 heavy (non-hydrogen) atoms. The number of hydrogen-bond acceptors (Lipinski definition) is 6. The van der Waals surface area contributed by atoms with Gasteiger partial charge in [-0.05, 0) is 18.2 Å². The summed E-state index contributed by atoms with van der Waals surface area (Å²) >= 11 is 5.68. The Morgan fingerprint density at radius 2 is 2.27 bits per heavy atom. The smallest absolute Gasteiger partial charge is 0.189 e. The summed E-state index contributed by atoms with van der Waals surface area (Å²) in [6.45, 7) is 0. The van der Waals surface area contributed by atoms with Crippen molar-refractivity contribution in [2.75, 3.05) is 0 Å². The molecule has 0 aliphatic heterocycles. The van der Waals surface area contributed by atoms with Gasteiger partial charge in [-0.2, -0.15) is 15.4 Å². The van der Waals surface area contributed by atoms with Gasteiger partial charge in [-0.3, -0.25) is 10.7 Å². The number of hydrogen-bond donors (Lipinski definition) is 3. The lowest BCUT2D eigenvalue weighted by Crippen LogP contribution is -2.20. The molecule has 3 N–H and O–H groups in total. The first-order valence-electron chi connectivity index (χ1n) is 5.94. The zero-order valence-electron chi connectivity index (χ0n) is 10.8. The fraction of sp³-hybridized carbons (Fsp3) is 0. The largest absolute Gasteiger partial charge is 0.354 e. The van der Waals surface area contributed by atoms with Crippen molar-refractivity contribution in [1.29, 1.82) is 0 Å². The van der Waals surface area contributed by atoms with Crippen LogP contribution >= 0.6 is 11.6 Å². The van der Waals surface area contributed by atoms with Crippen LogP contribution in [-0.2, 0) is 0 Å². The second-order valence-electron chi connectivity index (χ2n) is 4.10. The fourth-order valence-corrected chi connectivity index (χ4v) is 1.83. The van der Waals surface area contributed by atoms with Crippen molar-refractivity contribution >= 4 is 23.1 Å². The van der Waals surface area contributed by atoms with Gasteiger partial charge in [0.05, 0.1) is 16.9 Å². The molecule has 0 amide bonds. The number of nitrogens with one attached hydrogen (secondary N) is 2. The van der Waals surface area contributed by atoms with E-state index in [4.69, 9.17) is 16.1 Å². The number of benzene rings is 1. The molecule has 0 saturated carbocycles. The summed E-state index contributed by atoms with van der Waals surface area (Å²) in [6.07, 6.45) is 1.45. The van der Waals surface area contributed by atoms with E-state index >= 15 is 0 Å². The first kappa shape index (κ1) is 14.2. The van der Waals surface area contributed by atoms with Gasteiger partial charge in [0.1, 0.15) is 5.82 Å². The first-order chi connectivity index (χ1) is 10.7. The molecule has 0 fully saturated rings. The van der Waals surface area contributed by atoms with E-state index in [0.717, 1.165) is 0 Å². The summed E-state index contributed by atoms with van der Waals surface area (Å²) in [7, 11) is 0. The van der Waals surface area contributed by atoms with Crippen molar-refractivity contribution in [3.05, 3.63) is 47.0 Å². The predicted molar refractivity (Wildman–Crippen MR) is 74.4 cm³/mol. The maximum absolute atomic E-state index is 13.1. The van der Waals surface area contributed by atoms with Crippen LogP contribution in [0.5, 0.6) is 0 Å². The second kappa shape index (κ2) is 5.92. The zero-order chi connectivity index (χ0) is 15.5. The van der Waals surface area contributed by atoms with E-state index < -0.39 is 5.82 Å². The molecular formula is C12H8ClFN6O2. The van der Waals surface area contributed by atoms with Crippen molar-refractivity contribution in [2.24, 2.45) is 4.99 Å². The van der Waals surface area contributed by atoms with Crippen LogP contribution in [0.4, 0.5) is 10.1 Å². The molecule has 0 atom stereocenters. The van der Waals surface area contributed by atoms with Gasteiger partial charge >= 0.3 is 0 Å². The molecule has 112 valence electrons. The van der Waals surface area contributed by atoms with Gasteiger partial charge in [0.25, 0.3) is 0 Å². The van der Waals surface area contributed by atoms with E-state index in [9.17, 15) is 9.60 Å². The predicted octanol–water partition coefficient (Wildman–Crippen LogP) is 2.31. The Hall–Kier alpha value is -2.78. The Labute approximate surface area is 127 Å². The molecular weight excluding hydrogens is 315 g/mol. The molecule has 0 aliphatic rings. The number of rotatable bonds is 3. The lowest BCUT2D eigenvalue weighted by molar-refractivity contribution is 0.234. The molecule has 0 spiro atoms. The van der Waals surface area contributed by atoms with Crippen molar-refractivity contribution in [2.45, 2.75) is 0 Å². The Bertz CT molecular complexity index is 817. The standard InChI is InChI=1S/C12H8ClFN6O2/c13-7-3-6(1-2-8(7)14)16-12(18-21)9-4-11(22-19-9)10-5-15-20-17-10/h1-5,21H,(H,16,18)(H,15,17,20). The minimum absolute atomic E-state index is 0.00108. The van der Waals surface area contributed by atoms with Crippen LogP contribution in [0.25, 0.3) is 11.5 Å². The highest BCUT2D eigenvalue weighted by molar-refractivity contribution is 6.31. The lowest BCUT2D eigenvalue weighted by atomic mass is 10.3. The summed E-state index contributed by atoms with van der Waals surface area (Å²) in [5, 5.41) is 22.8. The van der Waals surface area contributed by atoms with Gasteiger partial charge in [-0.25, -0.2) is 9.38 Å². The van der Waals surface area contributed by atoms with Crippen molar-refractivity contribution in [1.82, 2.24) is 26.0 Å². The Kier molecular flexibility index (Phi) is 3.81. The first-order valence-corrected chi connectivity index (χ1v) is 6.32. The molecule has 3 rings (SSSR count). The number of halogens is 2. The van der Waals surface area contributed by atoms with Gasteiger partial charge in [-0.15, -0.1) is 0 Å². The lowest BCUT2D eigenvalue weighted by Gasteiger charge is -2.01. The molecule has 0 unspecified atom stereocenters. The summed E-state index contributed by atoms with van der Waals surface area (Å²) in [5.74, 6) is -0.223. The van der Waals surface area contributed by atoms with E-state index in [-0.39, 0.29) is 16.6 Å². The molecule has 0 bridgehead atoms. The number of aliphatic imine (C=N–C) groups is 1. The Balaban J connectivity index is 1.93. The van der Waals surface area contributed by atoms with Crippen LogP contribution in [-0.4, -0.2) is 31.6 Å². The van der Waals surface area contributed by atoms with Crippen LogP contribution in [0, 0.1) is 5.82 Å².